The molecule has 0 saturated carbocycles. The van der Waals surface area contributed by atoms with Crippen molar-refractivity contribution in [3.05, 3.63) is 36.2 Å². The number of fused-ring (bicyclic) bond motifs is 1. The van der Waals surface area contributed by atoms with Gasteiger partial charge in [-0.25, -0.2) is 9.97 Å². The van der Waals surface area contributed by atoms with E-state index in [4.69, 9.17) is 14.2 Å². The van der Waals surface area contributed by atoms with Gasteiger partial charge in [0.1, 0.15) is 13.2 Å². The Morgan fingerprint density at radius 1 is 1.04 bits per heavy atom. The van der Waals surface area contributed by atoms with Crippen molar-refractivity contribution in [3.63, 3.8) is 0 Å². The number of aromatic nitrogens is 2. The van der Waals surface area contributed by atoms with Crippen molar-refractivity contribution in [1.29, 1.82) is 0 Å². The van der Waals surface area contributed by atoms with Crippen molar-refractivity contribution in [2.75, 3.05) is 63.2 Å². The third kappa shape index (κ3) is 4.68. The predicted octanol–water partition coefficient (Wildman–Crippen LogP) is 1.24. The van der Waals surface area contributed by atoms with Crippen molar-refractivity contribution in [2.45, 2.75) is 0 Å². The summed E-state index contributed by atoms with van der Waals surface area (Å²) in [5, 5.41) is 6.00. The average molecular weight is 385 g/mol. The number of carbonyl (C=O) groups is 1. The summed E-state index contributed by atoms with van der Waals surface area (Å²) in [4.78, 5) is 23.2. The quantitative estimate of drug-likeness (QED) is 0.767. The van der Waals surface area contributed by atoms with Crippen LogP contribution in [0.3, 0.4) is 0 Å². The molecule has 1 amide bonds. The summed E-state index contributed by atoms with van der Waals surface area (Å²) in [7, 11) is 0. The second kappa shape index (κ2) is 8.85. The van der Waals surface area contributed by atoms with Gasteiger partial charge in [0, 0.05) is 50.3 Å². The van der Waals surface area contributed by atoms with E-state index in [0.717, 1.165) is 39.4 Å². The van der Waals surface area contributed by atoms with Crippen LogP contribution in [-0.2, 0) is 4.74 Å². The highest BCUT2D eigenvalue weighted by Crippen LogP contribution is 2.32. The SMILES string of the molecule is O=C(Nc1ccc2c(c1)OCCO2)c1cnc(NCCN2CCOCC2)nc1. The van der Waals surface area contributed by atoms with E-state index < -0.39 is 0 Å². The molecule has 1 saturated heterocycles. The summed E-state index contributed by atoms with van der Waals surface area (Å²) in [5.74, 6) is 1.53. The Bertz CT molecular complexity index is 808. The van der Waals surface area contributed by atoms with E-state index in [1.54, 1.807) is 18.2 Å². The lowest BCUT2D eigenvalue weighted by molar-refractivity contribution is 0.0398. The van der Waals surface area contributed by atoms with Gasteiger partial charge in [-0.1, -0.05) is 0 Å². The molecule has 0 radical (unpaired) electrons. The van der Waals surface area contributed by atoms with Crippen molar-refractivity contribution in [1.82, 2.24) is 14.9 Å². The molecule has 2 aliphatic rings. The first-order chi connectivity index (χ1) is 13.8. The predicted molar refractivity (Wildman–Crippen MR) is 103 cm³/mol. The Morgan fingerprint density at radius 3 is 2.57 bits per heavy atom. The first-order valence-electron chi connectivity index (χ1n) is 9.35. The number of nitrogens with one attached hydrogen (secondary N) is 2. The summed E-state index contributed by atoms with van der Waals surface area (Å²) in [5.41, 5.74) is 1.01. The number of hydrogen-bond donors (Lipinski definition) is 2. The Morgan fingerprint density at radius 2 is 1.79 bits per heavy atom. The van der Waals surface area contributed by atoms with Gasteiger partial charge in [-0.05, 0) is 12.1 Å². The monoisotopic (exact) mass is 385 g/mol. The van der Waals surface area contributed by atoms with Crippen LogP contribution in [0, 0.1) is 0 Å². The highest BCUT2D eigenvalue weighted by atomic mass is 16.6. The first kappa shape index (κ1) is 18.5. The Kier molecular flexibility index (Phi) is 5.83. The Balaban J connectivity index is 1.28. The normalized spacial score (nSPS) is 16.4. The van der Waals surface area contributed by atoms with Crippen LogP contribution in [0.5, 0.6) is 11.5 Å². The number of anilines is 2. The molecule has 1 aromatic carbocycles. The van der Waals surface area contributed by atoms with Gasteiger partial charge in [0.25, 0.3) is 5.91 Å². The lowest BCUT2D eigenvalue weighted by atomic mass is 10.2. The third-order valence-electron chi connectivity index (χ3n) is 4.53. The van der Waals surface area contributed by atoms with E-state index >= 15 is 0 Å². The lowest BCUT2D eigenvalue weighted by Crippen LogP contribution is -2.39. The van der Waals surface area contributed by atoms with Crippen LogP contribution in [0.2, 0.25) is 0 Å². The fourth-order valence-corrected chi connectivity index (χ4v) is 3.01. The van der Waals surface area contributed by atoms with Gasteiger partial charge in [0.15, 0.2) is 11.5 Å². The summed E-state index contributed by atoms with van der Waals surface area (Å²) in [6, 6.07) is 5.30. The van der Waals surface area contributed by atoms with Crippen molar-refractivity contribution >= 4 is 17.5 Å². The van der Waals surface area contributed by atoms with Crippen LogP contribution in [0.1, 0.15) is 10.4 Å². The molecule has 4 rings (SSSR count). The topological polar surface area (TPSA) is 97.8 Å². The molecule has 2 aliphatic heterocycles. The van der Waals surface area contributed by atoms with Gasteiger partial charge in [-0.15, -0.1) is 0 Å². The number of amides is 1. The molecule has 1 fully saturated rings. The van der Waals surface area contributed by atoms with E-state index in [1.807, 2.05) is 0 Å². The molecular formula is C19H23N5O4. The molecule has 3 heterocycles. The van der Waals surface area contributed by atoms with E-state index in [1.165, 1.54) is 12.4 Å². The van der Waals surface area contributed by atoms with Gasteiger partial charge in [-0.2, -0.15) is 0 Å². The van der Waals surface area contributed by atoms with Crippen LogP contribution in [-0.4, -0.2) is 73.4 Å². The van der Waals surface area contributed by atoms with E-state index in [2.05, 4.69) is 25.5 Å². The summed E-state index contributed by atoms with van der Waals surface area (Å²) in [6.07, 6.45) is 3.02. The molecule has 0 aliphatic carbocycles. The van der Waals surface area contributed by atoms with Crippen LogP contribution in [0.15, 0.2) is 30.6 Å². The smallest absolute Gasteiger partial charge is 0.258 e. The van der Waals surface area contributed by atoms with Gasteiger partial charge < -0.3 is 24.8 Å². The highest BCUT2D eigenvalue weighted by molar-refractivity contribution is 6.04. The zero-order chi connectivity index (χ0) is 19.2. The fourth-order valence-electron chi connectivity index (χ4n) is 3.01. The average Bonchev–Trinajstić information content (AvgIpc) is 2.75. The van der Waals surface area contributed by atoms with Crippen molar-refractivity contribution in [2.24, 2.45) is 0 Å². The number of hydrogen-bond acceptors (Lipinski definition) is 8. The van der Waals surface area contributed by atoms with E-state index in [9.17, 15) is 4.79 Å². The molecule has 2 N–H and O–H groups in total. The van der Waals surface area contributed by atoms with Gasteiger partial charge >= 0.3 is 0 Å². The molecule has 0 atom stereocenters. The molecule has 148 valence electrons. The fraction of sp³-hybridized carbons (Fsp3) is 0.421. The number of benzene rings is 1. The summed E-state index contributed by atoms with van der Waals surface area (Å²) in [6.45, 7) is 6.12. The zero-order valence-corrected chi connectivity index (χ0v) is 15.5. The minimum Gasteiger partial charge on any atom is -0.486 e. The summed E-state index contributed by atoms with van der Waals surface area (Å²) >= 11 is 0. The number of rotatable bonds is 6. The third-order valence-corrected chi connectivity index (χ3v) is 4.53. The summed E-state index contributed by atoms with van der Waals surface area (Å²) < 4.78 is 16.3. The molecule has 2 aromatic rings. The van der Waals surface area contributed by atoms with Crippen molar-refractivity contribution in [3.8, 4) is 11.5 Å². The van der Waals surface area contributed by atoms with Crippen molar-refractivity contribution < 1.29 is 19.0 Å². The van der Waals surface area contributed by atoms with E-state index in [0.29, 0.717) is 41.9 Å². The first-order valence-corrected chi connectivity index (χ1v) is 9.35. The van der Waals surface area contributed by atoms with Crippen LogP contribution >= 0.6 is 0 Å². The number of ether oxygens (including phenoxy) is 3. The number of carbonyl (C=O) groups excluding carboxylic acids is 1. The Hall–Kier alpha value is -2.91. The number of morpholine rings is 1. The lowest BCUT2D eigenvalue weighted by Gasteiger charge is -2.26. The maximum absolute atomic E-state index is 12.4. The maximum atomic E-state index is 12.4. The minimum absolute atomic E-state index is 0.281. The van der Waals surface area contributed by atoms with Crippen LogP contribution < -0.4 is 20.1 Å². The molecule has 9 nitrogen and oxygen atoms in total. The van der Waals surface area contributed by atoms with Gasteiger partial charge in [0.2, 0.25) is 5.95 Å². The molecule has 28 heavy (non-hydrogen) atoms. The molecule has 0 bridgehead atoms. The minimum atomic E-state index is -0.281. The van der Waals surface area contributed by atoms with Crippen LogP contribution in [0.25, 0.3) is 0 Å². The number of nitrogens with zero attached hydrogens (tertiary/aromatic N) is 3. The Labute approximate surface area is 163 Å². The molecular weight excluding hydrogens is 362 g/mol. The highest BCUT2D eigenvalue weighted by Gasteiger charge is 2.14. The second-order valence-corrected chi connectivity index (χ2v) is 6.49. The molecule has 1 aromatic heterocycles. The molecule has 0 spiro atoms. The van der Waals surface area contributed by atoms with Crippen LogP contribution in [0.4, 0.5) is 11.6 Å². The van der Waals surface area contributed by atoms with E-state index in [-0.39, 0.29) is 5.91 Å². The second-order valence-electron chi connectivity index (χ2n) is 6.49. The van der Waals surface area contributed by atoms with Gasteiger partial charge in [0.05, 0.1) is 18.8 Å². The standard InChI is InChI=1S/C19H23N5O4/c25-18(23-15-1-2-16-17(11-15)28-10-9-27-16)14-12-21-19(22-13-14)20-3-4-24-5-7-26-8-6-24/h1-2,11-13H,3-10H2,(H,23,25)(H,20,21,22). The largest absolute Gasteiger partial charge is 0.486 e. The maximum Gasteiger partial charge on any atom is 0.258 e. The molecule has 9 heteroatoms. The molecule has 0 unspecified atom stereocenters. The van der Waals surface area contributed by atoms with Gasteiger partial charge in [-0.3, -0.25) is 9.69 Å². The zero-order valence-electron chi connectivity index (χ0n) is 15.5.